The molecule has 0 heterocycles. The summed E-state index contributed by atoms with van der Waals surface area (Å²) in [4.78, 5) is 27.0. The number of carbonyl (C=O) groups is 2. The second-order valence-corrected chi connectivity index (χ2v) is 9.49. The van der Waals surface area contributed by atoms with Crippen LogP contribution in [0.4, 0.5) is 4.39 Å². The minimum Gasteiger partial charge on any atom is -0.354 e. The largest absolute Gasteiger partial charge is 0.354 e. The van der Waals surface area contributed by atoms with Crippen LogP contribution in [0.25, 0.3) is 0 Å². The number of hydrogen-bond donors (Lipinski definition) is 1. The highest BCUT2D eigenvalue weighted by atomic mass is 35.5. The number of benzene rings is 2. The third-order valence-electron chi connectivity index (χ3n) is 4.65. The van der Waals surface area contributed by atoms with E-state index < -0.39 is 11.9 Å². The molecule has 1 N–H and O–H groups in total. The van der Waals surface area contributed by atoms with Gasteiger partial charge in [-0.25, -0.2) is 4.39 Å². The van der Waals surface area contributed by atoms with Gasteiger partial charge in [-0.3, -0.25) is 9.59 Å². The zero-order valence-electron chi connectivity index (χ0n) is 17.8. The fourth-order valence-corrected chi connectivity index (χ4v) is 4.28. The van der Waals surface area contributed by atoms with Crippen LogP contribution in [0.5, 0.6) is 0 Å². The van der Waals surface area contributed by atoms with Crippen molar-refractivity contribution in [3.8, 4) is 0 Å². The summed E-state index contributed by atoms with van der Waals surface area (Å²) in [6, 6.07) is 10.8. The van der Waals surface area contributed by atoms with Gasteiger partial charge in [0.1, 0.15) is 11.9 Å². The lowest BCUT2D eigenvalue weighted by Crippen LogP contribution is -2.48. The fourth-order valence-electron chi connectivity index (χ4n) is 2.82. The predicted octanol–water partition coefficient (Wildman–Crippen LogP) is 5.56. The van der Waals surface area contributed by atoms with Crippen molar-refractivity contribution >= 4 is 46.8 Å². The van der Waals surface area contributed by atoms with Crippen molar-refractivity contribution < 1.29 is 14.0 Å². The average molecular weight is 485 g/mol. The highest BCUT2D eigenvalue weighted by molar-refractivity contribution is 7.99. The Morgan fingerprint density at radius 1 is 1.10 bits per heavy atom. The Labute approximate surface area is 197 Å². The minimum absolute atomic E-state index is 0.0179. The van der Waals surface area contributed by atoms with Crippen LogP contribution >= 0.6 is 35.0 Å². The van der Waals surface area contributed by atoms with Crippen molar-refractivity contribution in [3.05, 3.63) is 69.5 Å². The second-order valence-electron chi connectivity index (χ2n) is 7.66. The van der Waals surface area contributed by atoms with E-state index in [0.29, 0.717) is 27.9 Å². The van der Waals surface area contributed by atoms with Crippen molar-refractivity contribution in [3.63, 3.8) is 0 Å². The molecule has 0 unspecified atom stereocenters. The van der Waals surface area contributed by atoms with Crippen molar-refractivity contribution in [2.45, 2.75) is 39.1 Å². The Morgan fingerprint density at radius 3 is 2.45 bits per heavy atom. The summed E-state index contributed by atoms with van der Waals surface area (Å²) in [5.74, 6) is 0.0233. The van der Waals surface area contributed by atoms with Crippen molar-refractivity contribution in [1.29, 1.82) is 0 Å². The highest BCUT2D eigenvalue weighted by Gasteiger charge is 2.26. The lowest BCUT2D eigenvalue weighted by molar-refractivity contribution is -0.138. The number of hydrogen-bond acceptors (Lipinski definition) is 3. The van der Waals surface area contributed by atoms with Gasteiger partial charge in [0.2, 0.25) is 11.8 Å². The first kappa shape index (κ1) is 25.5. The summed E-state index contributed by atoms with van der Waals surface area (Å²) in [6.07, 6.45) is 0. The van der Waals surface area contributed by atoms with E-state index in [4.69, 9.17) is 23.2 Å². The Bertz CT molecular complexity index is 911. The first-order valence-corrected chi connectivity index (χ1v) is 11.9. The summed E-state index contributed by atoms with van der Waals surface area (Å²) in [6.45, 7) is 6.17. The van der Waals surface area contributed by atoms with Gasteiger partial charge in [-0.1, -0.05) is 61.3 Å². The van der Waals surface area contributed by atoms with E-state index in [1.54, 1.807) is 37.3 Å². The van der Waals surface area contributed by atoms with Gasteiger partial charge in [0.15, 0.2) is 0 Å². The first-order valence-electron chi connectivity index (χ1n) is 10.0. The van der Waals surface area contributed by atoms with Crippen LogP contribution in [0.3, 0.4) is 0 Å². The number of nitrogens with zero attached hydrogens (tertiary/aromatic N) is 1. The molecule has 0 radical (unpaired) electrons. The Morgan fingerprint density at radius 2 is 1.81 bits per heavy atom. The molecule has 8 heteroatoms. The molecule has 0 aromatic heterocycles. The maximum absolute atomic E-state index is 14.2. The SMILES string of the molecule is CC(C)CNC(=O)[C@@H](C)N(Cc1ccccc1F)C(=O)CSCc1ccc(Cl)cc1Cl. The van der Waals surface area contributed by atoms with E-state index >= 15 is 0 Å². The zero-order valence-corrected chi connectivity index (χ0v) is 20.2. The van der Waals surface area contributed by atoms with Gasteiger partial charge < -0.3 is 10.2 Å². The molecule has 31 heavy (non-hydrogen) atoms. The summed E-state index contributed by atoms with van der Waals surface area (Å²) in [5, 5.41) is 3.94. The topological polar surface area (TPSA) is 49.4 Å². The van der Waals surface area contributed by atoms with Gasteiger partial charge in [0.05, 0.1) is 5.75 Å². The molecule has 2 rings (SSSR count). The molecule has 0 aliphatic rings. The molecular formula is C23H27Cl2FN2O2S. The highest BCUT2D eigenvalue weighted by Crippen LogP contribution is 2.25. The lowest BCUT2D eigenvalue weighted by Gasteiger charge is -2.29. The Hall–Kier alpha value is -1.76. The maximum atomic E-state index is 14.2. The summed E-state index contributed by atoms with van der Waals surface area (Å²) in [7, 11) is 0. The van der Waals surface area contributed by atoms with Gasteiger partial charge in [-0.2, -0.15) is 0 Å². The molecule has 2 amide bonds. The van der Waals surface area contributed by atoms with Crippen molar-refractivity contribution in [2.24, 2.45) is 5.92 Å². The van der Waals surface area contributed by atoms with Crippen molar-refractivity contribution in [2.75, 3.05) is 12.3 Å². The van der Waals surface area contributed by atoms with Gasteiger partial charge >= 0.3 is 0 Å². The maximum Gasteiger partial charge on any atom is 0.242 e. The first-order chi connectivity index (χ1) is 14.7. The van der Waals surface area contributed by atoms with Gasteiger partial charge in [0, 0.05) is 34.5 Å². The Kier molecular flexibility index (Phi) is 10.1. The Balaban J connectivity index is 2.09. The quantitative estimate of drug-likeness (QED) is 0.480. The minimum atomic E-state index is -0.731. The number of halogens is 3. The standard InChI is InChI=1S/C23H27Cl2FN2O2S/c1-15(2)11-27-23(30)16(3)28(12-17-6-4-5-7-21(17)26)22(29)14-31-13-18-8-9-19(24)10-20(18)25/h4-10,15-16H,11-14H2,1-3H3,(H,27,30)/t16-/m1/s1. The van der Waals surface area contributed by atoms with Crippen LogP contribution in [0, 0.1) is 11.7 Å². The van der Waals surface area contributed by atoms with Crippen LogP contribution < -0.4 is 5.32 Å². The third kappa shape index (κ3) is 8.02. The number of rotatable bonds is 10. The van der Waals surface area contributed by atoms with Gasteiger partial charge in [0.25, 0.3) is 0 Å². The second kappa shape index (κ2) is 12.3. The van der Waals surface area contributed by atoms with Crippen LogP contribution in [0.2, 0.25) is 10.0 Å². The van der Waals surface area contributed by atoms with E-state index in [9.17, 15) is 14.0 Å². The normalized spacial score (nSPS) is 12.0. The summed E-state index contributed by atoms with van der Waals surface area (Å²) in [5.41, 5.74) is 1.23. The van der Waals surface area contributed by atoms with Crippen LogP contribution in [-0.2, 0) is 21.9 Å². The summed E-state index contributed by atoms with van der Waals surface area (Å²) >= 11 is 13.5. The predicted molar refractivity (Wildman–Crippen MR) is 127 cm³/mol. The number of thioether (sulfide) groups is 1. The molecular weight excluding hydrogens is 458 g/mol. The molecule has 0 aliphatic carbocycles. The van der Waals surface area contributed by atoms with Crippen LogP contribution in [-0.4, -0.2) is 35.1 Å². The van der Waals surface area contributed by atoms with E-state index in [0.717, 1.165) is 5.56 Å². The van der Waals surface area contributed by atoms with Crippen LogP contribution in [0.1, 0.15) is 31.9 Å². The molecule has 0 saturated heterocycles. The smallest absolute Gasteiger partial charge is 0.242 e. The monoisotopic (exact) mass is 484 g/mol. The molecule has 4 nitrogen and oxygen atoms in total. The molecule has 0 aliphatic heterocycles. The van der Waals surface area contributed by atoms with E-state index in [2.05, 4.69) is 5.32 Å². The molecule has 1 atom stereocenters. The van der Waals surface area contributed by atoms with Crippen molar-refractivity contribution in [1.82, 2.24) is 10.2 Å². The lowest BCUT2D eigenvalue weighted by atomic mass is 10.1. The molecule has 0 fully saturated rings. The molecule has 168 valence electrons. The van der Waals surface area contributed by atoms with Gasteiger partial charge in [-0.05, 0) is 36.6 Å². The average Bonchev–Trinajstić information content (AvgIpc) is 2.72. The van der Waals surface area contributed by atoms with E-state index in [1.165, 1.54) is 22.7 Å². The van der Waals surface area contributed by atoms with E-state index in [-0.39, 0.29) is 30.0 Å². The molecule has 0 bridgehead atoms. The van der Waals surface area contributed by atoms with Crippen LogP contribution in [0.15, 0.2) is 42.5 Å². The summed E-state index contributed by atoms with van der Waals surface area (Å²) < 4.78 is 14.2. The van der Waals surface area contributed by atoms with Gasteiger partial charge in [-0.15, -0.1) is 11.8 Å². The van der Waals surface area contributed by atoms with E-state index in [1.807, 2.05) is 19.9 Å². The fraction of sp³-hybridized carbons (Fsp3) is 0.391. The number of nitrogens with one attached hydrogen (secondary N) is 1. The molecule has 0 spiro atoms. The molecule has 2 aromatic rings. The number of carbonyl (C=O) groups excluding carboxylic acids is 2. The zero-order chi connectivity index (χ0) is 23.0. The molecule has 2 aromatic carbocycles. The number of amides is 2. The molecule has 0 saturated carbocycles. The third-order valence-corrected chi connectivity index (χ3v) is 6.20.